The summed E-state index contributed by atoms with van der Waals surface area (Å²) in [5.74, 6) is -11.6. The summed E-state index contributed by atoms with van der Waals surface area (Å²) in [6.45, 7) is 13.9. The Balaban J connectivity index is 0.0000307. The lowest BCUT2D eigenvalue weighted by Crippen LogP contribution is -2.63. The van der Waals surface area contributed by atoms with Crippen LogP contribution in [0, 0.1) is 17.8 Å². The Kier molecular flexibility index (Phi) is 34.9. The lowest BCUT2D eigenvalue weighted by molar-refractivity contribution is -0.143. The maximum absolute atomic E-state index is 14.9. The van der Waals surface area contributed by atoms with Crippen LogP contribution in [0.5, 0.6) is 0 Å². The van der Waals surface area contributed by atoms with Crippen LogP contribution in [0.25, 0.3) is 0 Å². The fourth-order valence-corrected chi connectivity index (χ4v) is 9.23. The van der Waals surface area contributed by atoms with E-state index in [1.54, 1.807) is 153 Å². The third-order valence-corrected chi connectivity index (χ3v) is 14.5. The van der Waals surface area contributed by atoms with Crippen molar-refractivity contribution < 1.29 is 82.6 Å². The van der Waals surface area contributed by atoms with Crippen molar-refractivity contribution in [2.45, 2.75) is 188 Å². The van der Waals surface area contributed by atoms with Gasteiger partial charge in [-0.15, -0.1) is 0 Å². The molecule has 0 aliphatic rings. The predicted molar refractivity (Wildman–Crippen MR) is 352 cm³/mol. The average Bonchev–Trinajstić information content (AvgIpc) is 0.870. The highest BCUT2D eigenvalue weighted by molar-refractivity contribution is 5.98. The molecule has 0 unspecified atom stereocenters. The molecule has 0 aliphatic carbocycles. The van der Waals surface area contributed by atoms with Crippen LogP contribution in [0.15, 0.2) is 96.0 Å². The van der Waals surface area contributed by atoms with Crippen LogP contribution in [-0.4, -0.2) is 178 Å². The molecule has 18 N–H and O–H groups in total. The maximum atomic E-state index is 14.9. The predicted octanol–water partition coefficient (Wildman–Crippen LogP) is 0.556. The highest BCUT2D eigenvalue weighted by Crippen LogP contribution is 2.21. The molecule has 526 valence electrons. The number of nitrogens with two attached hydrogens (primary N) is 2. The van der Waals surface area contributed by atoms with Gasteiger partial charge in [0.2, 0.25) is 47.3 Å². The second-order valence-corrected chi connectivity index (χ2v) is 24.3. The molecule has 10 amide bonds. The van der Waals surface area contributed by atoms with Crippen LogP contribution < -0.4 is 64.6 Å². The number of guanidine groups is 1. The lowest BCUT2D eigenvalue weighted by atomic mass is 9.95. The first-order valence-electron chi connectivity index (χ1n) is 30.9. The molecule has 12 atom stereocenters. The minimum atomic E-state index is -1.86. The summed E-state index contributed by atoms with van der Waals surface area (Å²) in [5.41, 5.74) is 11.6. The standard InChI is InChI=1S/C64H95N13O17.CH4/c1-11-37(6)47(57(86)74-48(38(7)79)56(85)68-32-46(80)69-44(31-39-22-15-12-16-23-39)55(84)72-45(33-78)60(89)90)73-53(82)42(28-21-29-67-61(65)66)70-54(83)43(30-35(2)3)71-59(88)51(52(81)36(4)5)75-58(87)50(77-62(91)93-34-40-24-17-13-18-25-40)49(41-26-19-14-20-27-41)76-63(92)94-64(8,9)10;/h12-20,22-27,35-38,42-45,47-52,78-79,81H,11,21,28-34H2,1-10H3,(H,68,85)(H,69,80)(H,70,83)(H,71,88)(H,72,84)(H,73,82)(H,74,86)(H,75,87)(H,76,92)(H,77,91)(H,89,90)(H4,65,66,67);1H4/t37-,38-,42+,43-,44-,45-,47-,48-,49+,50-,51-,52+;/m0./s1. The molecule has 30 heteroatoms. The van der Waals surface area contributed by atoms with E-state index in [0.717, 1.165) is 0 Å². The number of carbonyl (C=O) groups excluding carboxylic acids is 10. The molecular formula is C65H99N13O17. The average molecular weight is 1330 g/mol. The van der Waals surface area contributed by atoms with Crippen molar-refractivity contribution in [2.24, 2.45) is 34.2 Å². The third kappa shape index (κ3) is 29.2. The number of nitrogens with one attached hydrogen (secondary N) is 10. The second kappa shape index (κ2) is 40.6. The van der Waals surface area contributed by atoms with Crippen LogP contribution in [0.2, 0.25) is 0 Å². The Labute approximate surface area is 554 Å². The van der Waals surface area contributed by atoms with Gasteiger partial charge < -0.3 is 94.5 Å². The van der Waals surface area contributed by atoms with Crippen molar-refractivity contribution in [3.05, 3.63) is 108 Å². The smallest absolute Gasteiger partial charge is 0.408 e. The van der Waals surface area contributed by atoms with Crippen molar-refractivity contribution in [1.82, 2.24) is 53.2 Å². The zero-order valence-corrected chi connectivity index (χ0v) is 54.8. The number of rotatable bonds is 37. The van der Waals surface area contributed by atoms with Gasteiger partial charge in [0.25, 0.3) is 0 Å². The molecule has 0 radical (unpaired) electrons. The molecule has 0 saturated heterocycles. The Morgan fingerprint density at radius 3 is 1.60 bits per heavy atom. The third-order valence-electron chi connectivity index (χ3n) is 14.5. The van der Waals surface area contributed by atoms with Crippen molar-refractivity contribution in [3.8, 4) is 0 Å². The number of hydrogen-bond donors (Lipinski definition) is 16. The normalized spacial score (nSPS) is 14.9. The molecular weight excluding hydrogens is 1230 g/mol. The highest BCUT2D eigenvalue weighted by Gasteiger charge is 2.41. The summed E-state index contributed by atoms with van der Waals surface area (Å²) in [6, 6.07) is 10.7. The van der Waals surface area contributed by atoms with Gasteiger partial charge in [0.05, 0.1) is 31.4 Å². The van der Waals surface area contributed by atoms with Gasteiger partial charge in [-0.25, -0.2) is 14.4 Å². The molecule has 3 aromatic rings. The fraction of sp³-hybridized carbons (Fsp3) is 0.538. The summed E-state index contributed by atoms with van der Waals surface area (Å²) in [5, 5.41) is 66.4. The van der Waals surface area contributed by atoms with Crippen LogP contribution in [0.4, 0.5) is 9.59 Å². The first kappa shape index (κ1) is 81.7. The van der Waals surface area contributed by atoms with Gasteiger partial charge in [0, 0.05) is 13.0 Å². The molecule has 0 fully saturated rings. The van der Waals surface area contributed by atoms with E-state index in [4.69, 9.17) is 20.9 Å². The number of benzene rings is 3. The maximum Gasteiger partial charge on any atom is 0.408 e. The molecule has 3 rings (SSSR count). The summed E-state index contributed by atoms with van der Waals surface area (Å²) in [4.78, 5) is 156. The van der Waals surface area contributed by atoms with Gasteiger partial charge in [-0.1, -0.05) is 146 Å². The molecule has 0 bridgehead atoms. The Morgan fingerprint density at radius 2 is 1.07 bits per heavy atom. The fourth-order valence-electron chi connectivity index (χ4n) is 9.23. The molecule has 0 aliphatic heterocycles. The topological polar surface area (TPSA) is 472 Å². The summed E-state index contributed by atoms with van der Waals surface area (Å²) in [7, 11) is 0. The van der Waals surface area contributed by atoms with Crippen molar-refractivity contribution >= 4 is 71.4 Å². The molecule has 0 saturated carbocycles. The van der Waals surface area contributed by atoms with E-state index in [-0.39, 0.29) is 64.6 Å². The van der Waals surface area contributed by atoms with Gasteiger partial charge >= 0.3 is 18.2 Å². The van der Waals surface area contributed by atoms with Crippen LogP contribution in [0.3, 0.4) is 0 Å². The lowest BCUT2D eigenvalue weighted by Gasteiger charge is -2.33. The van der Waals surface area contributed by atoms with Crippen molar-refractivity contribution in [3.63, 3.8) is 0 Å². The molecule has 95 heavy (non-hydrogen) atoms. The van der Waals surface area contributed by atoms with Crippen molar-refractivity contribution in [2.75, 3.05) is 19.7 Å². The first-order chi connectivity index (χ1) is 44.2. The zero-order chi connectivity index (χ0) is 70.4. The van der Waals surface area contributed by atoms with Crippen LogP contribution in [0.1, 0.15) is 125 Å². The first-order valence-corrected chi connectivity index (χ1v) is 30.9. The SMILES string of the molecule is C.CC[C@H](C)[C@H](NC(=O)[C@@H](CCCN=C(N)N)NC(=O)[C@H](CC(C)C)NC(=O)[C@@H](NC(=O)[C@@H](NC(=O)OCc1ccccc1)[C@H](NC(=O)OC(C)(C)C)c1ccccc1)[C@H](O)C(C)C)C(=O)N[C@H](C(=O)NCC(=O)N[C@@H](Cc1ccccc1)C(=O)N[C@@H](CO)C(=O)O)[C@H](C)O. The van der Waals surface area contributed by atoms with Gasteiger partial charge in [-0.05, 0) is 81.4 Å². The number of ether oxygens (including phenoxy) is 2. The number of carboxylic acid groups (broad SMARTS) is 1. The number of aliphatic carboxylic acids is 1. The monoisotopic (exact) mass is 1330 g/mol. The number of hydrogen-bond acceptors (Lipinski definition) is 17. The Morgan fingerprint density at radius 1 is 0.568 bits per heavy atom. The number of amides is 10. The van der Waals surface area contributed by atoms with E-state index in [9.17, 15) is 73.2 Å². The summed E-state index contributed by atoms with van der Waals surface area (Å²) >= 11 is 0. The summed E-state index contributed by atoms with van der Waals surface area (Å²) < 4.78 is 11.0. The highest BCUT2D eigenvalue weighted by atomic mass is 16.6. The van der Waals surface area contributed by atoms with Gasteiger partial charge in [0.1, 0.15) is 60.5 Å². The second-order valence-electron chi connectivity index (χ2n) is 24.3. The van der Waals surface area contributed by atoms with E-state index in [1.165, 1.54) is 6.92 Å². The van der Waals surface area contributed by atoms with Gasteiger partial charge in [0.15, 0.2) is 5.96 Å². The zero-order valence-electron chi connectivity index (χ0n) is 54.8. The number of nitrogens with zero attached hydrogens (tertiary/aromatic N) is 1. The van der Waals surface area contributed by atoms with Crippen molar-refractivity contribution in [1.29, 1.82) is 0 Å². The number of carbonyl (C=O) groups is 11. The molecule has 0 heterocycles. The Bertz CT molecular complexity index is 3000. The molecule has 30 nitrogen and oxygen atoms in total. The number of aliphatic imine (C=N–C) groups is 1. The molecule has 3 aromatic carbocycles. The van der Waals surface area contributed by atoms with E-state index in [0.29, 0.717) is 16.7 Å². The quantitative estimate of drug-likeness (QED) is 0.0213. The van der Waals surface area contributed by atoms with E-state index >= 15 is 0 Å². The van der Waals surface area contributed by atoms with E-state index in [1.807, 2.05) is 0 Å². The van der Waals surface area contributed by atoms with Gasteiger partial charge in [-0.3, -0.25) is 43.3 Å². The molecule has 0 spiro atoms. The number of alkyl carbamates (subject to hydrolysis) is 2. The van der Waals surface area contributed by atoms with Crippen LogP contribution >= 0.6 is 0 Å². The minimum Gasteiger partial charge on any atom is -0.480 e. The van der Waals surface area contributed by atoms with Crippen LogP contribution in [-0.2, 0) is 65.7 Å². The number of aliphatic hydroxyl groups is 3. The summed E-state index contributed by atoms with van der Waals surface area (Å²) in [6.07, 6.45) is -5.45. The largest absolute Gasteiger partial charge is 0.480 e. The Hall–Kier alpha value is -9.42. The minimum absolute atomic E-state index is 0. The molecule has 0 aromatic heterocycles. The van der Waals surface area contributed by atoms with E-state index < -0.39 is 163 Å². The van der Waals surface area contributed by atoms with E-state index in [2.05, 4.69) is 58.2 Å². The number of aliphatic hydroxyl groups excluding tert-OH is 3. The number of carboxylic acids is 1. The van der Waals surface area contributed by atoms with Gasteiger partial charge in [-0.2, -0.15) is 0 Å².